The van der Waals surface area contributed by atoms with Crippen LogP contribution in [0, 0.1) is 0 Å². The number of nitrogens with one attached hydrogen (secondary N) is 1. The molecule has 1 aromatic heterocycles. The van der Waals surface area contributed by atoms with Gasteiger partial charge in [-0.15, -0.1) is 0 Å². The average Bonchev–Trinajstić information content (AvgIpc) is 3.04. The van der Waals surface area contributed by atoms with Crippen LogP contribution >= 0.6 is 0 Å². The molecule has 130 valence electrons. The summed E-state index contributed by atoms with van der Waals surface area (Å²) in [6.45, 7) is 4.15. The second-order valence-corrected chi connectivity index (χ2v) is 7.33. The molecule has 0 spiro atoms. The van der Waals surface area contributed by atoms with Crippen molar-refractivity contribution < 1.29 is 17.4 Å². The summed E-state index contributed by atoms with van der Waals surface area (Å²) in [5.74, 6) is 0.992. The van der Waals surface area contributed by atoms with Crippen molar-refractivity contribution in [1.82, 2.24) is 4.98 Å². The third kappa shape index (κ3) is 4.07. The molecule has 0 saturated carbocycles. The molecule has 0 aliphatic rings. The van der Waals surface area contributed by atoms with Crippen molar-refractivity contribution in [2.45, 2.75) is 24.8 Å². The van der Waals surface area contributed by atoms with Crippen LogP contribution < -0.4 is 5.32 Å². The van der Waals surface area contributed by atoms with E-state index in [9.17, 15) is 8.42 Å². The molecule has 0 bridgehead atoms. The van der Waals surface area contributed by atoms with Crippen LogP contribution in [0.15, 0.2) is 64.0 Å². The van der Waals surface area contributed by atoms with Gasteiger partial charge in [-0.05, 0) is 62.4 Å². The van der Waals surface area contributed by atoms with Gasteiger partial charge < -0.3 is 9.73 Å². The van der Waals surface area contributed by atoms with Gasteiger partial charge in [0.25, 0.3) is 10.1 Å². The number of oxazole rings is 1. The second kappa shape index (κ2) is 6.70. The lowest BCUT2D eigenvalue weighted by Gasteiger charge is -2.09. The maximum atomic E-state index is 11.1. The highest BCUT2D eigenvalue weighted by Crippen LogP contribution is 2.27. The van der Waals surface area contributed by atoms with E-state index >= 15 is 0 Å². The van der Waals surface area contributed by atoms with Gasteiger partial charge in [-0.3, -0.25) is 4.55 Å². The van der Waals surface area contributed by atoms with Crippen LogP contribution in [0.1, 0.15) is 13.8 Å². The van der Waals surface area contributed by atoms with Crippen LogP contribution in [0.5, 0.6) is 0 Å². The van der Waals surface area contributed by atoms with Crippen LogP contribution in [0.25, 0.3) is 22.8 Å². The maximum absolute atomic E-state index is 11.1. The summed E-state index contributed by atoms with van der Waals surface area (Å²) in [5, 5.41) is 3.32. The van der Waals surface area contributed by atoms with Crippen molar-refractivity contribution in [2.24, 2.45) is 0 Å². The number of rotatable bonds is 5. The summed E-state index contributed by atoms with van der Waals surface area (Å²) in [6, 6.07) is 13.9. The monoisotopic (exact) mass is 358 g/mol. The molecule has 25 heavy (non-hydrogen) atoms. The van der Waals surface area contributed by atoms with Gasteiger partial charge in [-0.25, -0.2) is 4.98 Å². The number of hydrogen-bond donors (Lipinski definition) is 2. The SMILES string of the molecule is CC(C)Nc1ccc(-c2cnc(-c3ccc(S(=O)(=O)O)cc3)o2)cc1. The highest BCUT2D eigenvalue weighted by atomic mass is 32.2. The van der Waals surface area contributed by atoms with Crippen LogP contribution in [0.2, 0.25) is 0 Å². The van der Waals surface area contributed by atoms with Gasteiger partial charge in [-0.1, -0.05) is 0 Å². The van der Waals surface area contributed by atoms with Crippen molar-refractivity contribution in [3.63, 3.8) is 0 Å². The number of benzene rings is 2. The predicted octanol–water partition coefficient (Wildman–Crippen LogP) is 4.08. The van der Waals surface area contributed by atoms with Crippen LogP contribution in [-0.4, -0.2) is 24.0 Å². The first-order valence-electron chi connectivity index (χ1n) is 7.73. The highest BCUT2D eigenvalue weighted by molar-refractivity contribution is 7.85. The Morgan fingerprint density at radius 3 is 2.16 bits per heavy atom. The topological polar surface area (TPSA) is 92.4 Å². The molecule has 0 amide bonds. The average molecular weight is 358 g/mol. The van der Waals surface area contributed by atoms with E-state index in [4.69, 9.17) is 8.97 Å². The lowest BCUT2D eigenvalue weighted by Crippen LogP contribution is -2.09. The van der Waals surface area contributed by atoms with E-state index in [1.54, 1.807) is 6.20 Å². The Kier molecular flexibility index (Phi) is 4.61. The van der Waals surface area contributed by atoms with Gasteiger partial charge in [-0.2, -0.15) is 8.42 Å². The van der Waals surface area contributed by atoms with Gasteiger partial charge in [0.15, 0.2) is 5.76 Å². The molecule has 3 aromatic rings. The van der Waals surface area contributed by atoms with E-state index in [1.807, 2.05) is 24.3 Å². The summed E-state index contributed by atoms with van der Waals surface area (Å²) in [7, 11) is -4.21. The Bertz CT molecular complexity index is 959. The molecule has 6 nitrogen and oxygen atoms in total. The van der Waals surface area contributed by atoms with Crippen molar-refractivity contribution >= 4 is 15.8 Å². The fraction of sp³-hybridized carbons (Fsp3) is 0.167. The second-order valence-electron chi connectivity index (χ2n) is 5.91. The quantitative estimate of drug-likeness (QED) is 0.668. The zero-order valence-electron chi connectivity index (χ0n) is 13.8. The standard InChI is InChI=1S/C18H18N2O4S/c1-12(2)20-15-7-3-13(4-8-15)17-11-19-18(24-17)14-5-9-16(10-6-14)25(21,22)23/h3-12,20H,1-2H3,(H,21,22,23). The number of aromatic nitrogens is 1. The van der Waals surface area contributed by atoms with E-state index in [2.05, 4.69) is 24.1 Å². The molecule has 2 aromatic carbocycles. The van der Waals surface area contributed by atoms with Gasteiger partial charge in [0.1, 0.15) is 0 Å². The smallest absolute Gasteiger partial charge is 0.294 e. The molecular formula is C18H18N2O4S. The summed E-state index contributed by atoms with van der Waals surface area (Å²) in [5.41, 5.74) is 2.54. The first kappa shape index (κ1) is 17.2. The number of anilines is 1. The van der Waals surface area contributed by atoms with E-state index < -0.39 is 10.1 Å². The van der Waals surface area contributed by atoms with E-state index in [-0.39, 0.29) is 4.90 Å². The predicted molar refractivity (Wildman–Crippen MR) is 95.9 cm³/mol. The first-order valence-corrected chi connectivity index (χ1v) is 9.17. The zero-order chi connectivity index (χ0) is 18.0. The molecule has 0 radical (unpaired) electrons. The molecule has 0 atom stereocenters. The minimum atomic E-state index is -4.21. The Labute approximate surface area is 146 Å². The van der Waals surface area contributed by atoms with Crippen molar-refractivity contribution in [2.75, 3.05) is 5.32 Å². The normalized spacial score (nSPS) is 11.7. The summed E-state index contributed by atoms with van der Waals surface area (Å²) >= 11 is 0. The lowest BCUT2D eigenvalue weighted by molar-refractivity contribution is 0.483. The van der Waals surface area contributed by atoms with Gasteiger partial charge in [0, 0.05) is 22.9 Å². The number of hydrogen-bond acceptors (Lipinski definition) is 5. The largest absolute Gasteiger partial charge is 0.436 e. The fourth-order valence-electron chi connectivity index (χ4n) is 2.37. The van der Waals surface area contributed by atoms with Gasteiger partial charge in [0.05, 0.1) is 11.1 Å². The third-order valence-electron chi connectivity index (χ3n) is 3.53. The highest BCUT2D eigenvalue weighted by Gasteiger charge is 2.12. The molecule has 1 heterocycles. The third-order valence-corrected chi connectivity index (χ3v) is 4.40. The Morgan fingerprint density at radius 2 is 1.60 bits per heavy atom. The lowest BCUT2D eigenvalue weighted by atomic mass is 10.1. The minimum Gasteiger partial charge on any atom is -0.436 e. The Balaban J connectivity index is 1.82. The van der Waals surface area contributed by atoms with Crippen molar-refractivity contribution in [3.05, 3.63) is 54.7 Å². The van der Waals surface area contributed by atoms with Gasteiger partial charge in [0.2, 0.25) is 5.89 Å². The van der Waals surface area contributed by atoms with E-state index in [0.29, 0.717) is 23.3 Å². The minimum absolute atomic E-state index is 0.170. The van der Waals surface area contributed by atoms with Crippen LogP contribution in [0.4, 0.5) is 5.69 Å². The molecular weight excluding hydrogens is 340 g/mol. The molecule has 0 saturated heterocycles. The summed E-state index contributed by atoms with van der Waals surface area (Å²) in [6.07, 6.45) is 1.62. The molecule has 0 fully saturated rings. The fourth-order valence-corrected chi connectivity index (χ4v) is 2.85. The molecule has 0 unspecified atom stereocenters. The van der Waals surface area contributed by atoms with Crippen LogP contribution in [0.3, 0.4) is 0 Å². The zero-order valence-corrected chi connectivity index (χ0v) is 14.6. The molecule has 0 aliphatic heterocycles. The van der Waals surface area contributed by atoms with Crippen molar-refractivity contribution in [3.8, 4) is 22.8 Å². The van der Waals surface area contributed by atoms with E-state index in [0.717, 1.165) is 11.3 Å². The number of nitrogens with zero attached hydrogens (tertiary/aromatic N) is 1. The van der Waals surface area contributed by atoms with Gasteiger partial charge >= 0.3 is 0 Å². The van der Waals surface area contributed by atoms with Crippen molar-refractivity contribution in [1.29, 1.82) is 0 Å². The van der Waals surface area contributed by atoms with E-state index in [1.165, 1.54) is 24.3 Å². The maximum Gasteiger partial charge on any atom is 0.294 e. The molecule has 2 N–H and O–H groups in total. The molecule has 3 rings (SSSR count). The Morgan fingerprint density at radius 1 is 1.00 bits per heavy atom. The Hall–Kier alpha value is -2.64. The summed E-state index contributed by atoms with van der Waals surface area (Å²) in [4.78, 5) is 4.06. The molecule has 0 aliphatic carbocycles. The first-order chi connectivity index (χ1) is 11.8. The molecule has 7 heteroatoms. The van der Waals surface area contributed by atoms with Crippen LogP contribution in [-0.2, 0) is 10.1 Å². The summed E-state index contributed by atoms with van der Waals surface area (Å²) < 4.78 is 36.9.